The highest BCUT2D eigenvalue weighted by Crippen LogP contribution is 2.41. The summed E-state index contributed by atoms with van der Waals surface area (Å²) in [6, 6.07) is 0. The van der Waals surface area contributed by atoms with Crippen LogP contribution < -0.4 is 0 Å². The van der Waals surface area contributed by atoms with Gasteiger partial charge in [-0.1, -0.05) is 82.2 Å². The maximum atomic E-state index is 2.49. The fraction of sp³-hybridized carbons (Fsp3) is 0.600. The molecule has 0 aromatic carbocycles. The summed E-state index contributed by atoms with van der Waals surface area (Å²) < 4.78 is 0. The maximum Gasteiger partial charge on any atom is -0.0131 e. The summed E-state index contributed by atoms with van der Waals surface area (Å²) in [6.07, 6.45) is 23.9. The van der Waals surface area contributed by atoms with Gasteiger partial charge < -0.3 is 0 Å². The summed E-state index contributed by atoms with van der Waals surface area (Å²) in [7, 11) is 0. The van der Waals surface area contributed by atoms with Crippen molar-refractivity contribution in [2.75, 3.05) is 0 Å². The van der Waals surface area contributed by atoms with Gasteiger partial charge in [-0.3, -0.25) is 0 Å². The first-order valence-electron chi connectivity index (χ1n) is 8.50. The molecule has 0 heteroatoms. The number of fused-ring (bicyclic) bond motifs is 1. The van der Waals surface area contributed by atoms with E-state index in [1.54, 1.807) is 0 Å². The van der Waals surface area contributed by atoms with Crippen LogP contribution >= 0.6 is 0 Å². The molecule has 0 saturated heterocycles. The Labute approximate surface area is 125 Å². The van der Waals surface area contributed by atoms with E-state index in [0.29, 0.717) is 5.92 Å². The second-order valence-corrected chi connectivity index (χ2v) is 6.29. The molecular formula is C20H30. The third-order valence-corrected chi connectivity index (χ3v) is 5.32. The lowest BCUT2D eigenvalue weighted by Crippen LogP contribution is -2.31. The highest BCUT2D eigenvalue weighted by atomic mass is 14.4. The molecule has 2 rings (SSSR count). The zero-order chi connectivity index (χ0) is 14.4. The average Bonchev–Trinajstić information content (AvgIpc) is 2.50. The van der Waals surface area contributed by atoms with Gasteiger partial charge in [0.15, 0.2) is 0 Å². The van der Waals surface area contributed by atoms with Gasteiger partial charge in [0.05, 0.1) is 0 Å². The zero-order valence-corrected chi connectivity index (χ0v) is 13.3. The van der Waals surface area contributed by atoms with Gasteiger partial charge in [0, 0.05) is 0 Å². The van der Waals surface area contributed by atoms with Crippen molar-refractivity contribution in [3.63, 3.8) is 0 Å². The van der Waals surface area contributed by atoms with Crippen LogP contribution in [-0.2, 0) is 0 Å². The molecule has 110 valence electrons. The Morgan fingerprint density at radius 1 is 0.750 bits per heavy atom. The molecule has 0 bridgehead atoms. The molecule has 5 unspecified atom stereocenters. The molecule has 0 aromatic heterocycles. The normalized spacial score (nSPS) is 36.9. The van der Waals surface area contributed by atoms with E-state index in [1.807, 2.05) is 0 Å². The second kappa shape index (κ2) is 7.67. The Kier molecular flexibility index (Phi) is 5.88. The van der Waals surface area contributed by atoms with Crippen LogP contribution in [0.3, 0.4) is 0 Å². The van der Waals surface area contributed by atoms with E-state index in [0.717, 1.165) is 23.7 Å². The van der Waals surface area contributed by atoms with Gasteiger partial charge in [0.1, 0.15) is 0 Å². The molecule has 0 aliphatic heterocycles. The Morgan fingerprint density at radius 2 is 1.45 bits per heavy atom. The lowest BCUT2D eigenvalue weighted by Gasteiger charge is -2.39. The van der Waals surface area contributed by atoms with Crippen LogP contribution in [0.25, 0.3) is 0 Å². The molecule has 2 aliphatic rings. The monoisotopic (exact) mass is 270 g/mol. The lowest BCUT2D eigenvalue weighted by molar-refractivity contribution is 0.191. The van der Waals surface area contributed by atoms with E-state index in [-0.39, 0.29) is 0 Å². The molecule has 0 saturated carbocycles. The van der Waals surface area contributed by atoms with Crippen molar-refractivity contribution in [3.05, 3.63) is 48.6 Å². The van der Waals surface area contributed by atoms with Crippen molar-refractivity contribution in [3.8, 4) is 0 Å². The van der Waals surface area contributed by atoms with E-state index in [2.05, 4.69) is 69.4 Å². The van der Waals surface area contributed by atoms with Crippen molar-refractivity contribution in [2.45, 2.75) is 46.5 Å². The van der Waals surface area contributed by atoms with Crippen LogP contribution in [-0.4, -0.2) is 0 Å². The van der Waals surface area contributed by atoms with Crippen LogP contribution in [0.4, 0.5) is 0 Å². The van der Waals surface area contributed by atoms with Gasteiger partial charge in [-0.15, -0.1) is 0 Å². The number of rotatable bonds is 3. The third kappa shape index (κ3) is 3.34. The van der Waals surface area contributed by atoms with Gasteiger partial charge in [0.25, 0.3) is 0 Å². The van der Waals surface area contributed by atoms with Crippen LogP contribution in [0.15, 0.2) is 48.6 Å². The van der Waals surface area contributed by atoms with Crippen molar-refractivity contribution in [2.24, 2.45) is 29.6 Å². The molecule has 0 spiro atoms. The molecular weight excluding hydrogens is 240 g/mol. The maximum absolute atomic E-state index is 2.49. The Morgan fingerprint density at radius 3 is 2.10 bits per heavy atom. The number of hydrogen-bond acceptors (Lipinski definition) is 0. The van der Waals surface area contributed by atoms with Crippen molar-refractivity contribution < 1.29 is 0 Å². The third-order valence-electron chi connectivity index (χ3n) is 5.32. The van der Waals surface area contributed by atoms with Crippen LogP contribution in [0.1, 0.15) is 46.5 Å². The van der Waals surface area contributed by atoms with Crippen LogP contribution in [0.2, 0.25) is 0 Å². The minimum atomic E-state index is 0.712. The molecule has 0 aromatic rings. The van der Waals surface area contributed by atoms with E-state index >= 15 is 0 Å². The Bertz CT molecular complexity index is 396. The van der Waals surface area contributed by atoms with E-state index in [9.17, 15) is 0 Å². The van der Waals surface area contributed by atoms with Gasteiger partial charge in [-0.25, -0.2) is 0 Å². The van der Waals surface area contributed by atoms with E-state index in [1.165, 1.54) is 25.7 Å². The molecule has 0 amide bonds. The van der Waals surface area contributed by atoms with Crippen molar-refractivity contribution >= 4 is 0 Å². The summed E-state index contributed by atoms with van der Waals surface area (Å²) in [5.74, 6) is 3.72. The minimum Gasteiger partial charge on any atom is -0.0843 e. The first-order chi connectivity index (χ1) is 9.81. The first-order valence-corrected chi connectivity index (χ1v) is 8.50. The SMILES string of the molecule is CCC1C=CC=CCC(CC)C2C=CC=CC2C1CC. The highest BCUT2D eigenvalue weighted by Gasteiger charge is 2.33. The molecule has 0 heterocycles. The highest BCUT2D eigenvalue weighted by molar-refractivity contribution is 5.19. The smallest absolute Gasteiger partial charge is 0.0131 e. The Balaban J connectivity index is 2.35. The summed E-state index contributed by atoms with van der Waals surface area (Å²) in [4.78, 5) is 0. The standard InChI is InChI=1S/C20H30/c1-4-16-12-8-7-9-13-17(5-2)19-14-10-11-15-20(19)18(16)6-3/h7-12,14-20H,4-6,13H2,1-3H3. The molecule has 5 atom stereocenters. The van der Waals surface area contributed by atoms with Gasteiger partial charge in [-0.2, -0.15) is 0 Å². The quantitative estimate of drug-likeness (QED) is 0.595. The lowest BCUT2D eigenvalue weighted by atomic mass is 9.66. The topological polar surface area (TPSA) is 0 Å². The fourth-order valence-corrected chi connectivity index (χ4v) is 4.12. The summed E-state index contributed by atoms with van der Waals surface area (Å²) in [5.41, 5.74) is 0. The van der Waals surface area contributed by atoms with Gasteiger partial charge >= 0.3 is 0 Å². The minimum absolute atomic E-state index is 0.712. The zero-order valence-electron chi connectivity index (χ0n) is 13.3. The summed E-state index contributed by atoms with van der Waals surface area (Å²) in [6.45, 7) is 7.05. The van der Waals surface area contributed by atoms with Gasteiger partial charge in [0.2, 0.25) is 0 Å². The molecule has 0 fully saturated rings. The largest absolute Gasteiger partial charge is 0.0843 e. The predicted octanol–water partition coefficient (Wildman–Crippen LogP) is 5.94. The molecule has 0 N–H and O–H groups in total. The fourth-order valence-electron chi connectivity index (χ4n) is 4.12. The first kappa shape index (κ1) is 15.4. The van der Waals surface area contributed by atoms with Gasteiger partial charge in [-0.05, 0) is 42.4 Å². The van der Waals surface area contributed by atoms with Crippen LogP contribution in [0, 0.1) is 29.6 Å². The summed E-state index contributed by atoms with van der Waals surface area (Å²) in [5, 5.41) is 0. The van der Waals surface area contributed by atoms with E-state index < -0.39 is 0 Å². The van der Waals surface area contributed by atoms with Crippen LogP contribution in [0.5, 0.6) is 0 Å². The average molecular weight is 270 g/mol. The molecule has 20 heavy (non-hydrogen) atoms. The summed E-state index contributed by atoms with van der Waals surface area (Å²) >= 11 is 0. The van der Waals surface area contributed by atoms with Crippen molar-refractivity contribution in [1.29, 1.82) is 0 Å². The molecule has 2 aliphatic carbocycles. The predicted molar refractivity (Wildman–Crippen MR) is 89.5 cm³/mol. The number of allylic oxidation sites excluding steroid dienone is 8. The van der Waals surface area contributed by atoms with Crippen molar-refractivity contribution in [1.82, 2.24) is 0 Å². The van der Waals surface area contributed by atoms with E-state index in [4.69, 9.17) is 0 Å². The second-order valence-electron chi connectivity index (χ2n) is 6.29. The molecule has 0 nitrogen and oxygen atoms in total. The molecule has 0 radical (unpaired) electrons. The Hall–Kier alpha value is -1.04. The number of hydrogen-bond donors (Lipinski definition) is 0.